The van der Waals surface area contributed by atoms with Gasteiger partial charge in [0.05, 0.1) is 20.9 Å². The third-order valence-electron chi connectivity index (χ3n) is 4.94. The van der Waals surface area contributed by atoms with E-state index in [-0.39, 0.29) is 29.0 Å². The Bertz CT molecular complexity index is 1190. The number of fused-ring (bicyclic) bond motifs is 1. The number of rotatable bonds is 8. The summed E-state index contributed by atoms with van der Waals surface area (Å²) in [6, 6.07) is 9.84. The number of thiazole rings is 1. The summed E-state index contributed by atoms with van der Waals surface area (Å²) in [5.41, 5.74) is 2.22. The number of benzene rings is 2. The molecule has 0 atom stereocenters. The van der Waals surface area contributed by atoms with Crippen molar-refractivity contribution in [3.63, 3.8) is 0 Å². The Morgan fingerprint density at radius 1 is 1.12 bits per heavy atom. The zero-order chi connectivity index (χ0) is 22.8. The molecule has 6 nitrogen and oxygen atoms in total. The van der Waals surface area contributed by atoms with Crippen LogP contribution >= 0.6 is 35.3 Å². The Balaban J connectivity index is 0.00000363. The van der Waals surface area contributed by atoms with Crippen LogP contribution in [0, 0.1) is 6.92 Å². The van der Waals surface area contributed by atoms with Crippen molar-refractivity contribution in [2.75, 3.05) is 37.8 Å². The number of hydrogen-bond donors (Lipinski definition) is 0. The highest BCUT2D eigenvalue weighted by Gasteiger charge is 2.22. The molecule has 0 aliphatic rings. The Kier molecular flexibility index (Phi) is 9.07. The first kappa shape index (κ1) is 26.5. The maximum Gasteiger partial charge on any atom is 0.260 e. The van der Waals surface area contributed by atoms with Gasteiger partial charge in [-0.15, -0.1) is 12.4 Å². The van der Waals surface area contributed by atoms with E-state index in [0.717, 1.165) is 28.7 Å². The van der Waals surface area contributed by atoms with Crippen LogP contribution in [0.2, 0.25) is 5.02 Å². The molecule has 174 valence electrons. The quantitative estimate of drug-likeness (QED) is 0.418. The Morgan fingerprint density at radius 3 is 2.38 bits per heavy atom. The monoisotopic (exact) mass is 515 g/mol. The second-order valence-corrected chi connectivity index (χ2v) is 11.3. The molecule has 0 bridgehead atoms. The van der Waals surface area contributed by atoms with Gasteiger partial charge in [-0.1, -0.05) is 29.9 Å². The lowest BCUT2D eigenvalue weighted by Gasteiger charge is -2.21. The van der Waals surface area contributed by atoms with E-state index in [1.165, 1.54) is 23.5 Å². The number of hydrogen-bond acceptors (Lipinski definition) is 6. The minimum Gasteiger partial charge on any atom is -0.309 e. The van der Waals surface area contributed by atoms with E-state index >= 15 is 0 Å². The molecule has 1 heterocycles. The van der Waals surface area contributed by atoms with Crippen LogP contribution in [0.15, 0.2) is 41.3 Å². The molecule has 0 aliphatic heterocycles. The number of carbonyl (C=O) groups excluding carboxylic acids is 1. The number of sulfone groups is 1. The van der Waals surface area contributed by atoms with E-state index in [1.54, 1.807) is 24.0 Å². The molecule has 0 radical (unpaired) electrons. The van der Waals surface area contributed by atoms with Gasteiger partial charge in [0.2, 0.25) is 0 Å². The molecule has 3 rings (SSSR count). The van der Waals surface area contributed by atoms with Gasteiger partial charge in [0.15, 0.2) is 15.0 Å². The van der Waals surface area contributed by atoms with Gasteiger partial charge in [-0.3, -0.25) is 9.69 Å². The van der Waals surface area contributed by atoms with E-state index in [9.17, 15) is 13.2 Å². The number of amides is 1. The van der Waals surface area contributed by atoms with Crippen LogP contribution in [0.4, 0.5) is 5.13 Å². The summed E-state index contributed by atoms with van der Waals surface area (Å²) >= 11 is 7.62. The summed E-state index contributed by atoms with van der Waals surface area (Å²) in [6.07, 6.45) is 0.775. The van der Waals surface area contributed by atoms with E-state index in [4.69, 9.17) is 16.6 Å². The average Bonchev–Trinajstić information content (AvgIpc) is 3.14. The van der Waals surface area contributed by atoms with Crippen molar-refractivity contribution >= 4 is 66.4 Å². The fourth-order valence-corrected chi connectivity index (χ4v) is 5.54. The van der Waals surface area contributed by atoms with E-state index < -0.39 is 9.84 Å². The standard InChI is InChI=1S/C22H26ClN3O3S2.ClH/c1-5-31(28,29)18-9-7-16(8-10-18)21(27)26(12-6-11-25(3)4)22-24-20-15(2)13-17(23)14-19(20)30-22;/h7-10,13-14H,5-6,11-12H2,1-4H3;1H. The Morgan fingerprint density at radius 2 is 1.78 bits per heavy atom. The number of aryl methyl sites for hydroxylation is 1. The molecular weight excluding hydrogens is 489 g/mol. The van der Waals surface area contributed by atoms with Crippen molar-refractivity contribution in [1.82, 2.24) is 9.88 Å². The Labute approximate surface area is 204 Å². The highest BCUT2D eigenvalue weighted by atomic mass is 35.5. The van der Waals surface area contributed by atoms with Gasteiger partial charge < -0.3 is 4.90 Å². The molecule has 0 spiro atoms. The van der Waals surface area contributed by atoms with Crippen molar-refractivity contribution < 1.29 is 13.2 Å². The molecule has 32 heavy (non-hydrogen) atoms. The van der Waals surface area contributed by atoms with Crippen molar-refractivity contribution in [2.45, 2.75) is 25.2 Å². The van der Waals surface area contributed by atoms with E-state index in [1.807, 2.05) is 33.2 Å². The van der Waals surface area contributed by atoms with Crippen LogP contribution in [0.1, 0.15) is 29.3 Å². The van der Waals surface area contributed by atoms with Crippen molar-refractivity contribution in [1.29, 1.82) is 0 Å². The zero-order valence-corrected chi connectivity index (χ0v) is 21.7. The van der Waals surface area contributed by atoms with Crippen molar-refractivity contribution in [3.05, 3.63) is 52.5 Å². The summed E-state index contributed by atoms with van der Waals surface area (Å²) < 4.78 is 25.1. The van der Waals surface area contributed by atoms with Crippen LogP contribution in [-0.2, 0) is 9.84 Å². The van der Waals surface area contributed by atoms with Crippen molar-refractivity contribution in [3.8, 4) is 0 Å². The maximum atomic E-state index is 13.4. The van der Waals surface area contributed by atoms with Crippen LogP contribution < -0.4 is 4.90 Å². The molecule has 0 saturated heterocycles. The second-order valence-electron chi connectivity index (χ2n) is 7.61. The highest BCUT2D eigenvalue weighted by molar-refractivity contribution is 7.91. The molecule has 2 aromatic carbocycles. The molecule has 1 aromatic heterocycles. The summed E-state index contributed by atoms with van der Waals surface area (Å²) in [5.74, 6) is -0.188. The number of nitrogens with zero attached hydrogens (tertiary/aromatic N) is 3. The van der Waals surface area contributed by atoms with Gasteiger partial charge in [-0.25, -0.2) is 13.4 Å². The largest absolute Gasteiger partial charge is 0.309 e. The number of anilines is 1. The van der Waals surface area contributed by atoms with Crippen LogP contribution in [-0.4, -0.2) is 57.1 Å². The first-order valence-corrected chi connectivity index (χ1v) is 12.8. The molecular formula is C22H27Cl2N3O3S2. The minimum absolute atomic E-state index is 0. The summed E-state index contributed by atoms with van der Waals surface area (Å²) in [5, 5.41) is 1.24. The molecule has 1 amide bonds. The van der Waals surface area contributed by atoms with Crippen molar-refractivity contribution in [2.24, 2.45) is 0 Å². The first-order valence-electron chi connectivity index (χ1n) is 9.98. The molecule has 10 heteroatoms. The SMILES string of the molecule is CCS(=O)(=O)c1ccc(C(=O)N(CCCN(C)C)c2nc3c(C)cc(Cl)cc3s2)cc1.Cl. The summed E-state index contributed by atoms with van der Waals surface area (Å²) in [7, 11) is 0.660. The van der Waals surface area contributed by atoms with E-state index in [0.29, 0.717) is 22.3 Å². The van der Waals surface area contributed by atoms with Gasteiger partial charge in [-0.2, -0.15) is 0 Å². The Hall–Kier alpha value is -1.71. The molecule has 0 N–H and O–H groups in total. The summed E-state index contributed by atoms with van der Waals surface area (Å²) in [6.45, 7) is 4.87. The number of halogens is 2. The topological polar surface area (TPSA) is 70.6 Å². The second kappa shape index (κ2) is 10.9. The number of aromatic nitrogens is 1. The van der Waals surface area contributed by atoms with Gasteiger partial charge in [0.25, 0.3) is 5.91 Å². The van der Waals surface area contributed by atoms with E-state index in [2.05, 4.69) is 4.90 Å². The maximum absolute atomic E-state index is 13.4. The smallest absolute Gasteiger partial charge is 0.260 e. The normalized spacial score (nSPS) is 11.6. The lowest BCUT2D eigenvalue weighted by molar-refractivity contribution is 0.0986. The zero-order valence-electron chi connectivity index (χ0n) is 18.5. The predicted molar refractivity (Wildman–Crippen MR) is 136 cm³/mol. The first-order chi connectivity index (χ1) is 14.6. The molecule has 0 saturated carbocycles. The molecule has 0 fully saturated rings. The summed E-state index contributed by atoms with van der Waals surface area (Å²) in [4.78, 5) is 22.1. The lowest BCUT2D eigenvalue weighted by atomic mass is 10.2. The number of carbonyl (C=O) groups is 1. The third kappa shape index (κ3) is 5.99. The molecule has 0 aliphatic carbocycles. The lowest BCUT2D eigenvalue weighted by Crippen LogP contribution is -2.33. The molecule has 0 unspecified atom stereocenters. The predicted octanol–water partition coefficient (Wildman–Crippen LogP) is 5.07. The fraction of sp³-hybridized carbons (Fsp3) is 0.364. The van der Waals surface area contributed by atoms with Gasteiger partial charge in [0, 0.05) is 17.1 Å². The fourth-order valence-electron chi connectivity index (χ4n) is 3.21. The highest BCUT2D eigenvalue weighted by Crippen LogP contribution is 2.33. The van der Waals surface area contributed by atoms with Gasteiger partial charge >= 0.3 is 0 Å². The molecule has 3 aromatic rings. The van der Waals surface area contributed by atoms with Crippen LogP contribution in [0.5, 0.6) is 0 Å². The van der Waals surface area contributed by atoms with Crippen LogP contribution in [0.3, 0.4) is 0 Å². The minimum atomic E-state index is -3.32. The van der Waals surface area contributed by atoms with Gasteiger partial charge in [-0.05, 0) is 75.9 Å². The van der Waals surface area contributed by atoms with Gasteiger partial charge in [0.1, 0.15) is 0 Å². The van der Waals surface area contributed by atoms with Crippen LogP contribution in [0.25, 0.3) is 10.2 Å². The average molecular weight is 517 g/mol. The third-order valence-corrected chi connectivity index (χ3v) is 7.94.